The minimum absolute atomic E-state index is 0.0344. The van der Waals surface area contributed by atoms with E-state index < -0.39 is 32.5 Å². The van der Waals surface area contributed by atoms with E-state index in [0.717, 1.165) is 77.0 Å². The molecule has 0 spiro atoms. The molecule has 0 aliphatic carbocycles. The number of unbranched alkanes of at least 4 members (excludes halogenated alkanes) is 4. The summed E-state index contributed by atoms with van der Waals surface area (Å²) in [5, 5.41) is 0. The fraction of sp³-hybridized carbons (Fsp3) is 0.561. The Labute approximate surface area is 308 Å². The van der Waals surface area contributed by atoms with Crippen molar-refractivity contribution in [1.29, 1.82) is 0 Å². The summed E-state index contributed by atoms with van der Waals surface area (Å²) in [6.45, 7) is 3.34. The SMILES string of the molecule is CC/C=C\C/C=C\C/C=C\C/C=C\CCCCCCC(=O)OC(COC(=O)CC/C=C\C/C=C\C/C=C\C/C=C\CC)COP(=O)(O)OCCN. The number of nitrogens with two attached hydrogens (primary N) is 1. The molecule has 0 aromatic heterocycles. The van der Waals surface area contributed by atoms with E-state index in [2.05, 4.69) is 98.9 Å². The van der Waals surface area contributed by atoms with Gasteiger partial charge in [0.1, 0.15) is 6.61 Å². The Bertz CT molecular complexity index is 1150. The van der Waals surface area contributed by atoms with Gasteiger partial charge in [0.15, 0.2) is 6.10 Å². The van der Waals surface area contributed by atoms with Crippen molar-refractivity contribution in [3.63, 3.8) is 0 Å². The molecule has 0 amide bonds. The zero-order valence-corrected chi connectivity index (χ0v) is 32.2. The number of esters is 2. The lowest BCUT2D eigenvalue weighted by molar-refractivity contribution is -0.161. The highest BCUT2D eigenvalue weighted by Gasteiger charge is 2.25. The average Bonchev–Trinajstić information content (AvgIpc) is 3.11. The van der Waals surface area contributed by atoms with Crippen molar-refractivity contribution in [2.24, 2.45) is 5.73 Å². The summed E-state index contributed by atoms with van der Waals surface area (Å²) >= 11 is 0. The molecule has 9 nitrogen and oxygen atoms in total. The van der Waals surface area contributed by atoms with E-state index in [1.807, 2.05) is 12.2 Å². The maximum atomic E-state index is 12.5. The first-order chi connectivity index (χ1) is 24.8. The Morgan fingerprint density at radius 3 is 1.57 bits per heavy atom. The van der Waals surface area contributed by atoms with Gasteiger partial charge in [0.05, 0.1) is 13.2 Å². The van der Waals surface area contributed by atoms with Gasteiger partial charge in [0, 0.05) is 19.4 Å². The molecule has 10 heteroatoms. The van der Waals surface area contributed by atoms with Crippen LogP contribution in [0.5, 0.6) is 0 Å². The van der Waals surface area contributed by atoms with Crippen molar-refractivity contribution in [2.75, 3.05) is 26.4 Å². The molecule has 0 rings (SSSR count). The first kappa shape index (κ1) is 47.9. The smallest absolute Gasteiger partial charge is 0.462 e. The molecule has 3 N–H and O–H groups in total. The van der Waals surface area contributed by atoms with E-state index in [0.29, 0.717) is 12.8 Å². The van der Waals surface area contributed by atoms with E-state index in [1.165, 1.54) is 0 Å². The van der Waals surface area contributed by atoms with Crippen LogP contribution in [0, 0.1) is 0 Å². The molecule has 0 aromatic rings. The lowest BCUT2D eigenvalue weighted by Crippen LogP contribution is -2.29. The molecule has 0 fully saturated rings. The van der Waals surface area contributed by atoms with Crippen molar-refractivity contribution in [3.05, 3.63) is 97.2 Å². The van der Waals surface area contributed by atoms with Gasteiger partial charge in [-0.1, -0.05) is 124 Å². The average molecular weight is 732 g/mol. The molecule has 0 radical (unpaired) electrons. The molecule has 0 saturated heterocycles. The first-order valence-corrected chi connectivity index (χ1v) is 20.2. The van der Waals surface area contributed by atoms with Crippen LogP contribution < -0.4 is 5.73 Å². The third kappa shape index (κ3) is 36.5. The highest BCUT2D eigenvalue weighted by Crippen LogP contribution is 2.43. The third-order valence-corrected chi connectivity index (χ3v) is 7.96. The lowest BCUT2D eigenvalue weighted by atomic mass is 10.1. The fourth-order valence-corrected chi connectivity index (χ4v) is 5.05. The highest BCUT2D eigenvalue weighted by atomic mass is 31.2. The van der Waals surface area contributed by atoms with Crippen LogP contribution in [0.25, 0.3) is 0 Å². The van der Waals surface area contributed by atoms with Crippen molar-refractivity contribution < 1.29 is 37.6 Å². The number of hydrogen-bond acceptors (Lipinski definition) is 8. The Morgan fingerprint density at radius 2 is 1.06 bits per heavy atom. The minimum atomic E-state index is -4.40. The zero-order valence-electron chi connectivity index (χ0n) is 31.3. The molecule has 0 heterocycles. The Balaban J connectivity index is 4.40. The molecule has 0 bridgehead atoms. The number of phosphoric acid groups is 1. The number of allylic oxidation sites excluding steroid dienone is 16. The molecular formula is C41H66NO8P. The largest absolute Gasteiger partial charge is 0.472 e. The zero-order chi connectivity index (χ0) is 37.5. The summed E-state index contributed by atoms with van der Waals surface area (Å²) in [7, 11) is -4.40. The lowest BCUT2D eigenvalue weighted by Gasteiger charge is -2.19. The van der Waals surface area contributed by atoms with Gasteiger partial charge in [-0.15, -0.1) is 0 Å². The Kier molecular flexibility index (Phi) is 34.5. The number of rotatable bonds is 33. The number of carbonyl (C=O) groups excluding carboxylic acids is 2. The Morgan fingerprint density at radius 1 is 0.588 bits per heavy atom. The predicted molar refractivity (Wildman–Crippen MR) is 210 cm³/mol. The van der Waals surface area contributed by atoms with Gasteiger partial charge in [-0.2, -0.15) is 0 Å². The number of hydrogen-bond donors (Lipinski definition) is 2. The summed E-state index contributed by atoms with van der Waals surface area (Å²) in [6, 6.07) is 0. The quantitative estimate of drug-likeness (QED) is 0.0293. The van der Waals surface area contributed by atoms with Crippen LogP contribution in [0.1, 0.15) is 117 Å². The fourth-order valence-electron chi connectivity index (χ4n) is 4.28. The van der Waals surface area contributed by atoms with Gasteiger partial charge >= 0.3 is 19.8 Å². The van der Waals surface area contributed by atoms with Crippen LogP contribution in [0.15, 0.2) is 97.2 Å². The monoisotopic (exact) mass is 731 g/mol. The molecule has 51 heavy (non-hydrogen) atoms. The first-order valence-electron chi connectivity index (χ1n) is 18.7. The topological polar surface area (TPSA) is 134 Å². The second-order valence-electron chi connectivity index (χ2n) is 11.7. The third-order valence-electron chi connectivity index (χ3n) is 6.98. The summed E-state index contributed by atoms with van der Waals surface area (Å²) in [5.41, 5.74) is 5.32. The molecule has 0 saturated carbocycles. The number of carbonyl (C=O) groups is 2. The van der Waals surface area contributed by atoms with Crippen molar-refractivity contribution in [2.45, 2.75) is 123 Å². The van der Waals surface area contributed by atoms with E-state index in [1.54, 1.807) is 0 Å². The van der Waals surface area contributed by atoms with Crippen LogP contribution in [-0.2, 0) is 32.7 Å². The Hall–Kier alpha value is -3.07. The van der Waals surface area contributed by atoms with Crippen LogP contribution >= 0.6 is 7.82 Å². The molecule has 0 aliphatic rings. The van der Waals surface area contributed by atoms with Gasteiger partial charge in [-0.3, -0.25) is 18.6 Å². The highest BCUT2D eigenvalue weighted by molar-refractivity contribution is 7.47. The van der Waals surface area contributed by atoms with Crippen molar-refractivity contribution in [1.82, 2.24) is 0 Å². The van der Waals surface area contributed by atoms with E-state index in [9.17, 15) is 19.0 Å². The maximum Gasteiger partial charge on any atom is 0.472 e. The molecule has 0 aromatic carbocycles. The van der Waals surface area contributed by atoms with E-state index in [4.69, 9.17) is 24.3 Å². The standard InChI is InChI=1S/C41H66NO8P/c1-3-5-7-9-11-13-15-17-18-19-20-22-24-26-28-30-32-34-41(44)50-39(38-49-51(45,46)48-36-35-42)37-47-40(43)33-31-29-27-25-23-21-16-14-12-10-8-6-4-2/h5-8,11-14,17-18,20-23,27,29,39H,3-4,9-10,15-16,19,24-26,28,30-38,42H2,1-2H3,(H,45,46)/b7-5-,8-6-,13-11-,14-12-,18-17-,22-20-,23-21-,29-27-. The van der Waals surface area contributed by atoms with E-state index >= 15 is 0 Å². The summed E-state index contributed by atoms with van der Waals surface area (Å²) in [6.07, 6.45) is 46.0. The predicted octanol–water partition coefficient (Wildman–Crippen LogP) is 10.3. The normalized spacial score (nSPS) is 14.5. The van der Waals surface area contributed by atoms with Gasteiger partial charge in [0.25, 0.3) is 0 Å². The van der Waals surface area contributed by atoms with Gasteiger partial charge in [0.2, 0.25) is 0 Å². The van der Waals surface area contributed by atoms with Crippen LogP contribution in [-0.4, -0.2) is 49.3 Å². The summed E-state index contributed by atoms with van der Waals surface area (Å²) in [5.74, 6) is -0.965. The maximum absolute atomic E-state index is 12.5. The van der Waals surface area contributed by atoms with E-state index in [-0.39, 0.29) is 32.6 Å². The second kappa shape index (κ2) is 36.7. The van der Waals surface area contributed by atoms with Gasteiger partial charge in [-0.05, 0) is 77.0 Å². The molecular weight excluding hydrogens is 665 g/mol. The summed E-state index contributed by atoms with van der Waals surface area (Å²) in [4.78, 5) is 34.7. The van der Waals surface area contributed by atoms with Gasteiger partial charge < -0.3 is 20.1 Å². The molecule has 2 atom stereocenters. The number of ether oxygens (including phenoxy) is 2. The van der Waals surface area contributed by atoms with Crippen LogP contribution in [0.2, 0.25) is 0 Å². The van der Waals surface area contributed by atoms with Crippen molar-refractivity contribution >= 4 is 19.8 Å². The number of phosphoric ester groups is 1. The van der Waals surface area contributed by atoms with Gasteiger partial charge in [-0.25, -0.2) is 4.57 Å². The summed E-state index contributed by atoms with van der Waals surface area (Å²) < 4.78 is 32.5. The van der Waals surface area contributed by atoms with Crippen molar-refractivity contribution in [3.8, 4) is 0 Å². The molecule has 2 unspecified atom stereocenters. The molecule has 288 valence electrons. The second-order valence-corrected chi connectivity index (χ2v) is 13.1. The molecule has 0 aliphatic heterocycles. The van der Waals surface area contributed by atoms with Crippen LogP contribution in [0.3, 0.4) is 0 Å². The minimum Gasteiger partial charge on any atom is -0.462 e. The van der Waals surface area contributed by atoms with Crippen LogP contribution in [0.4, 0.5) is 0 Å².